The maximum atomic E-state index is 15.4. The summed E-state index contributed by atoms with van der Waals surface area (Å²) in [5.41, 5.74) is 1.89. The Morgan fingerprint density at radius 3 is 2.28 bits per heavy atom. The zero-order chi connectivity index (χ0) is 50.7. The monoisotopic (exact) mass is 975 g/mol. The lowest BCUT2D eigenvalue weighted by Gasteiger charge is -2.31. The van der Waals surface area contributed by atoms with Crippen molar-refractivity contribution in [3.8, 4) is 11.4 Å². The molecule has 0 saturated heterocycles. The summed E-state index contributed by atoms with van der Waals surface area (Å²) < 4.78 is 22.0. The van der Waals surface area contributed by atoms with Gasteiger partial charge in [-0.3, -0.25) is 48.1 Å². The fourth-order valence-electron chi connectivity index (χ4n) is 9.31. The van der Waals surface area contributed by atoms with E-state index in [-0.39, 0.29) is 63.1 Å². The second kappa shape index (κ2) is 20.4. The van der Waals surface area contributed by atoms with Crippen LogP contribution < -0.4 is 37.5 Å². The van der Waals surface area contributed by atoms with Gasteiger partial charge in [0.05, 0.1) is 54.7 Å². The number of ether oxygens (including phenoxy) is 1. The zero-order valence-corrected chi connectivity index (χ0v) is 38.7. The van der Waals surface area contributed by atoms with Gasteiger partial charge in [0.15, 0.2) is 5.60 Å². The molecule has 71 heavy (non-hydrogen) atoms. The highest BCUT2D eigenvalue weighted by molar-refractivity contribution is 6.13. The molecule has 370 valence electrons. The molecule has 22 heteroatoms. The standard InChI is InChI=1S/C49H50FN9O12/c1-3-49(70)30-18-35-45-28(23-59(35)47(68)29(30)24-71-48(49)69)44-32(10-9-27-25(2)31(50)19-33(57-45)43(27)44)55-37(61)13-15-51-38(62)21-54-46(67)34(17-26-7-5-4-6-8-26)56-40(64)22-53-39(63)20-52-36(60)14-16-58-41(65)11-12-42(58)66/h4-8,11-12,18-19,32,34,70H,3,9-10,13-17,20-24H2,1-2H3,(H,51,62)(H,52,60)(H,53,63)(H,54,67)(H,55,61)(H,56,64)/t32-,34-,49-/m0/s1. The van der Waals surface area contributed by atoms with Crippen molar-refractivity contribution in [3.63, 3.8) is 0 Å². The van der Waals surface area contributed by atoms with E-state index in [9.17, 15) is 53.1 Å². The summed E-state index contributed by atoms with van der Waals surface area (Å²) in [5, 5.41) is 27.4. The van der Waals surface area contributed by atoms with Crippen LogP contribution in [0.15, 0.2) is 59.4 Å². The van der Waals surface area contributed by atoms with E-state index >= 15 is 4.39 Å². The van der Waals surface area contributed by atoms with Crippen molar-refractivity contribution in [2.75, 3.05) is 32.7 Å². The van der Waals surface area contributed by atoms with Gasteiger partial charge in [0, 0.05) is 67.1 Å². The number of esters is 1. The van der Waals surface area contributed by atoms with Gasteiger partial charge in [0.1, 0.15) is 18.5 Å². The predicted octanol–water partition coefficient (Wildman–Crippen LogP) is -0.472. The molecule has 1 aliphatic carbocycles. The summed E-state index contributed by atoms with van der Waals surface area (Å²) in [6, 6.07) is 9.81. The molecule has 8 rings (SSSR count). The van der Waals surface area contributed by atoms with Crippen molar-refractivity contribution in [3.05, 3.63) is 110 Å². The van der Waals surface area contributed by atoms with Crippen LogP contribution in [0.1, 0.15) is 77.6 Å². The molecule has 0 spiro atoms. The number of carbonyl (C=O) groups excluding carboxylic acids is 9. The molecule has 0 fully saturated rings. The normalized spacial score (nSPS) is 17.7. The Balaban J connectivity index is 0.856. The SMILES string of the molecule is CC[C@@]1(O)C(=O)OCc2c1cc1n(c2=O)Cc2c-1nc1cc(F)c(C)c3c1c2[C@@H](NC(=O)CCNC(=O)CNC(=O)[C@H](Cc1ccccc1)NC(=O)CNC(=O)CNC(=O)CCN1C(=O)C=CC1=O)CC3. The average Bonchev–Trinajstić information content (AvgIpc) is 3.89. The number of pyridine rings is 2. The second-order valence-corrected chi connectivity index (χ2v) is 17.6. The number of aromatic nitrogens is 2. The van der Waals surface area contributed by atoms with E-state index in [1.807, 2.05) is 0 Å². The number of nitrogens with zero attached hydrogens (tertiary/aromatic N) is 3. The first kappa shape index (κ1) is 49.3. The summed E-state index contributed by atoms with van der Waals surface area (Å²) >= 11 is 0. The molecule has 3 atom stereocenters. The van der Waals surface area contributed by atoms with Crippen LogP contribution in [0.5, 0.6) is 0 Å². The van der Waals surface area contributed by atoms with Gasteiger partial charge >= 0.3 is 5.97 Å². The van der Waals surface area contributed by atoms with Gasteiger partial charge < -0.3 is 46.3 Å². The molecule has 2 aromatic heterocycles. The van der Waals surface area contributed by atoms with Crippen LogP contribution in [0.25, 0.3) is 22.3 Å². The number of fused-ring (bicyclic) bond motifs is 5. The van der Waals surface area contributed by atoms with Crippen LogP contribution in [0.2, 0.25) is 0 Å². The van der Waals surface area contributed by atoms with Gasteiger partial charge in [0.25, 0.3) is 17.4 Å². The van der Waals surface area contributed by atoms with E-state index in [0.717, 1.165) is 22.6 Å². The number of amides is 8. The van der Waals surface area contributed by atoms with Crippen LogP contribution >= 0.6 is 0 Å². The van der Waals surface area contributed by atoms with Gasteiger partial charge in [0.2, 0.25) is 35.4 Å². The molecule has 7 N–H and O–H groups in total. The third kappa shape index (κ3) is 10.1. The zero-order valence-electron chi connectivity index (χ0n) is 38.7. The number of hydrogen-bond donors (Lipinski definition) is 7. The maximum Gasteiger partial charge on any atom is 0.343 e. The molecule has 5 heterocycles. The first-order valence-corrected chi connectivity index (χ1v) is 23.0. The van der Waals surface area contributed by atoms with Crippen molar-refractivity contribution < 1.29 is 57.4 Å². The molecular formula is C49H50FN9O12. The summed E-state index contributed by atoms with van der Waals surface area (Å²) in [5.74, 6) is -6.29. The summed E-state index contributed by atoms with van der Waals surface area (Å²) in [7, 11) is 0. The number of aryl methyl sites for hydroxylation is 1. The minimum Gasteiger partial charge on any atom is -0.458 e. The van der Waals surface area contributed by atoms with Crippen LogP contribution in [0.4, 0.5) is 4.39 Å². The highest BCUT2D eigenvalue weighted by atomic mass is 19.1. The van der Waals surface area contributed by atoms with Gasteiger partial charge in [-0.15, -0.1) is 0 Å². The molecule has 0 unspecified atom stereocenters. The van der Waals surface area contributed by atoms with Crippen molar-refractivity contribution in [2.24, 2.45) is 0 Å². The summed E-state index contributed by atoms with van der Waals surface area (Å²) in [6.07, 6.45) is 2.53. The van der Waals surface area contributed by atoms with Crippen molar-refractivity contribution >= 4 is 64.1 Å². The lowest BCUT2D eigenvalue weighted by atomic mass is 9.81. The van der Waals surface area contributed by atoms with Gasteiger partial charge in [-0.05, 0) is 54.5 Å². The number of imide groups is 1. The van der Waals surface area contributed by atoms with Crippen LogP contribution in [-0.2, 0) is 79.5 Å². The Bertz CT molecular complexity index is 3010. The third-order valence-electron chi connectivity index (χ3n) is 13.1. The Morgan fingerprint density at radius 1 is 0.859 bits per heavy atom. The highest BCUT2D eigenvalue weighted by Gasteiger charge is 2.46. The number of carbonyl (C=O) groups is 9. The molecule has 4 aromatic rings. The van der Waals surface area contributed by atoms with E-state index in [1.165, 1.54) is 10.6 Å². The smallest absolute Gasteiger partial charge is 0.343 e. The number of cyclic esters (lactones) is 1. The van der Waals surface area contributed by atoms with Gasteiger partial charge in [-0.2, -0.15) is 0 Å². The molecule has 3 aliphatic heterocycles. The number of aliphatic hydroxyl groups is 1. The first-order chi connectivity index (χ1) is 34.0. The van der Waals surface area contributed by atoms with E-state index in [0.29, 0.717) is 57.4 Å². The Labute approximate surface area is 403 Å². The second-order valence-electron chi connectivity index (χ2n) is 17.6. The predicted molar refractivity (Wildman–Crippen MR) is 248 cm³/mol. The molecule has 0 bridgehead atoms. The van der Waals surface area contributed by atoms with E-state index in [2.05, 4.69) is 31.9 Å². The number of rotatable bonds is 18. The molecule has 2 aromatic carbocycles. The van der Waals surface area contributed by atoms with E-state index in [1.54, 1.807) is 50.2 Å². The summed E-state index contributed by atoms with van der Waals surface area (Å²) in [4.78, 5) is 133. The largest absolute Gasteiger partial charge is 0.458 e. The quantitative estimate of drug-likeness (QED) is 0.0433. The van der Waals surface area contributed by atoms with E-state index < -0.39 is 102 Å². The number of nitrogens with one attached hydrogen (secondary N) is 6. The van der Waals surface area contributed by atoms with Crippen LogP contribution in [0.3, 0.4) is 0 Å². The van der Waals surface area contributed by atoms with Crippen LogP contribution in [-0.4, -0.2) is 112 Å². The maximum absolute atomic E-state index is 15.4. The van der Waals surface area contributed by atoms with Crippen LogP contribution in [0, 0.1) is 12.7 Å². The summed E-state index contributed by atoms with van der Waals surface area (Å²) in [6.45, 7) is 1.15. The number of benzene rings is 2. The molecule has 21 nitrogen and oxygen atoms in total. The molecule has 4 aliphatic rings. The molecular weight excluding hydrogens is 926 g/mol. The lowest BCUT2D eigenvalue weighted by molar-refractivity contribution is -0.172. The average molecular weight is 976 g/mol. The lowest BCUT2D eigenvalue weighted by Crippen LogP contribution is -2.52. The first-order valence-electron chi connectivity index (χ1n) is 23.0. The Morgan fingerprint density at radius 2 is 1.55 bits per heavy atom. The highest BCUT2D eigenvalue weighted by Crippen LogP contribution is 2.46. The van der Waals surface area contributed by atoms with Crippen molar-refractivity contribution in [1.29, 1.82) is 0 Å². The van der Waals surface area contributed by atoms with Gasteiger partial charge in [-0.1, -0.05) is 37.3 Å². The van der Waals surface area contributed by atoms with Gasteiger partial charge in [-0.25, -0.2) is 14.2 Å². The van der Waals surface area contributed by atoms with E-state index in [4.69, 9.17) is 9.72 Å². The van der Waals surface area contributed by atoms with Crippen molar-refractivity contribution in [1.82, 2.24) is 46.4 Å². The number of hydrogen-bond acceptors (Lipinski definition) is 13. The molecule has 8 amide bonds. The molecule has 0 radical (unpaired) electrons. The fraction of sp³-hybridized carbons (Fsp3) is 0.367. The Kier molecular flexibility index (Phi) is 14.2. The fourth-order valence-corrected chi connectivity index (χ4v) is 9.31. The minimum absolute atomic E-state index is 0.0258. The Hall–Kier alpha value is -8.14. The van der Waals surface area contributed by atoms with Crippen molar-refractivity contribution in [2.45, 2.75) is 83.2 Å². The topological polar surface area (TPSA) is 293 Å². The minimum atomic E-state index is -2.05. The third-order valence-corrected chi connectivity index (χ3v) is 13.1. The number of halogens is 1. The molecule has 0 saturated carbocycles.